The van der Waals surface area contributed by atoms with Crippen LogP contribution in [0, 0.1) is 0 Å². The number of rotatable bonds is 0. The molecular formula is H2AlBLiO. The van der Waals surface area contributed by atoms with Crippen molar-refractivity contribution in [3.63, 3.8) is 0 Å². The van der Waals surface area contributed by atoms with E-state index in [0.717, 1.165) is 0 Å². The van der Waals surface area contributed by atoms with E-state index in [1.54, 1.807) is 0 Å². The van der Waals surface area contributed by atoms with E-state index in [0.29, 0.717) is 16.2 Å². The molecule has 0 N–H and O–H groups in total. The maximum absolute atomic E-state index is 8.28. The molecule has 0 aromatic heterocycles. The fourth-order valence-electron chi connectivity index (χ4n) is 0. The average molecular weight is 62.8 g/mol. The van der Waals surface area contributed by atoms with E-state index in [1.165, 1.54) is 0 Å². The van der Waals surface area contributed by atoms with Crippen LogP contribution in [-0.2, 0) is 3.80 Å². The van der Waals surface area contributed by atoms with Crippen molar-refractivity contribution < 1.29 is 24.1 Å². The Morgan fingerprint density at radius 1 is 1.50 bits per heavy atom. The topological polar surface area (TPSA) is 17.1 Å². The van der Waals surface area contributed by atoms with Gasteiger partial charge in [-0.3, -0.25) is 0 Å². The van der Waals surface area contributed by atoms with Gasteiger partial charge < -0.3 is 1.43 Å². The van der Waals surface area contributed by atoms with Crippen molar-refractivity contribution in [1.29, 1.82) is 0 Å². The Morgan fingerprint density at radius 2 is 1.50 bits per heavy atom. The van der Waals surface area contributed by atoms with Crippen LogP contribution in [0.2, 0.25) is 0 Å². The normalized spacial score (nSPS) is 0.750. The van der Waals surface area contributed by atoms with Gasteiger partial charge in [0, 0.05) is 8.41 Å². The van der Waals surface area contributed by atoms with Crippen LogP contribution in [0.1, 0.15) is 1.43 Å². The Kier molecular flexibility index (Phi) is 181. The molecule has 4 heteroatoms. The molecule has 1 nitrogen and oxygen atoms in total. The Bertz CT molecular complexity index is 11.6. The van der Waals surface area contributed by atoms with Crippen LogP contribution in [0.5, 0.6) is 0 Å². The first-order chi connectivity index (χ1) is 1.00. The zero-order chi connectivity index (χ0) is 2.00. The summed E-state index contributed by atoms with van der Waals surface area (Å²) < 4.78 is 8.28. The minimum atomic E-state index is 0. The molecule has 0 bridgehead atoms. The van der Waals surface area contributed by atoms with Crippen LogP contribution in [0.15, 0.2) is 0 Å². The van der Waals surface area contributed by atoms with E-state index < -0.39 is 0 Å². The molecule has 0 heterocycles. The molecule has 0 saturated carbocycles. The van der Waals surface area contributed by atoms with Gasteiger partial charge in [0.25, 0.3) is 0 Å². The minimum absolute atomic E-state index is 0. The van der Waals surface area contributed by atoms with E-state index >= 15 is 0 Å². The van der Waals surface area contributed by atoms with Crippen molar-refractivity contribution in [3.05, 3.63) is 0 Å². The molecule has 0 aliphatic carbocycles. The second kappa shape index (κ2) is 36.2. The summed E-state index contributed by atoms with van der Waals surface area (Å²) in [4.78, 5) is 0. The third-order valence-electron chi connectivity index (χ3n) is 0. The van der Waals surface area contributed by atoms with Gasteiger partial charge in [0.15, 0.2) is 0 Å². The first-order valence-electron chi connectivity index (χ1n) is 0.289. The standard InChI is InChI=1S/Al.B.Li.O.2H/q;;+1;;;-1. The molecule has 0 aromatic carbocycles. The fraction of sp³-hybridized carbons (Fsp3) is 0. The van der Waals surface area contributed by atoms with Crippen LogP contribution >= 0.6 is 0 Å². The molecule has 0 aliphatic rings. The van der Waals surface area contributed by atoms with Crippen LogP contribution in [-0.4, -0.2) is 24.6 Å². The fourth-order valence-corrected chi connectivity index (χ4v) is 0. The molecule has 15 valence electrons. The second-order valence-electron chi connectivity index (χ2n) is 0. The third-order valence-corrected chi connectivity index (χ3v) is 0. The molecule has 4 heavy (non-hydrogen) atoms. The first-order valence-corrected chi connectivity index (χ1v) is 0.866. The molecule has 0 spiro atoms. The van der Waals surface area contributed by atoms with Gasteiger partial charge in [-0.2, -0.15) is 0 Å². The zero-order valence-electron chi connectivity index (χ0n) is 3.69. The number of hydrogen-bond acceptors (Lipinski definition) is 1. The monoisotopic (exact) mass is 63.0 g/mol. The van der Waals surface area contributed by atoms with Crippen molar-refractivity contribution in [2.75, 3.05) is 0 Å². The summed E-state index contributed by atoms with van der Waals surface area (Å²) in [6.07, 6.45) is 0. The van der Waals surface area contributed by atoms with Crippen molar-refractivity contribution in [2.24, 2.45) is 0 Å². The van der Waals surface area contributed by atoms with Crippen LogP contribution < -0.4 is 18.9 Å². The van der Waals surface area contributed by atoms with Gasteiger partial charge in [0.2, 0.25) is 0 Å². The summed E-state index contributed by atoms with van der Waals surface area (Å²) in [6.45, 7) is 0. The summed E-state index contributed by atoms with van der Waals surface area (Å²) in [5.41, 5.74) is 0. The van der Waals surface area contributed by atoms with Gasteiger partial charge in [-0.15, -0.1) is 0 Å². The second-order valence-corrected chi connectivity index (χ2v) is 0. The van der Waals surface area contributed by atoms with Crippen LogP contribution in [0.25, 0.3) is 0 Å². The van der Waals surface area contributed by atoms with Gasteiger partial charge in [-0.25, -0.2) is 0 Å². The molecule has 0 rings (SSSR count). The van der Waals surface area contributed by atoms with Crippen molar-refractivity contribution in [1.82, 2.24) is 0 Å². The first kappa shape index (κ1) is 20.0. The summed E-state index contributed by atoms with van der Waals surface area (Å²) >= 11 is 0.611. The quantitative estimate of drug-likeness (QED) is 0.261. The van der Waals surface area contributed by atoms with E-state index in [2.05, 4.69) is 0 Å². The van der Waals surface area contributed by atoms with E-state index in [4.69, 9.17) is 3.80 Å². The predicted molar refractivity (Wildman–Crippen MR) is 14.7 cm³/mol. The van der Waals surface area contributed by atoms with E-state index in [9.17, 15) is 0 Å². The summed E-state index contributed by atoms with van der Waals surface area (Å²) in [6, 6.07) is 0. The Labute approximate surface area is 49.0 Å². The molecule has 0 unspecified atom stereocenters. The molecule has 0 saturated heterocycles. The van der Waals surface area contributed by atoms with E-state index in [1.807, 2.05) is 0 Å². The Balaban J connectivity index is -0.00000000167. The van der Waals surface area contributed by atoms with Crippen LogP contribution in [0.3, 0.4) is 0 Å². The van der Waals surface area contributed by atoms with Crippen molar-refractivity contribution in [3.8, 4) is 0 Å². The van der Waals surface area contributed by atoms with Crippen molar-refractivity contribution >= 4 is 24.6 Å². The maximum atomic E-state index is 8.28. The SMILES string of the molecule is [B].[H-].[Li+].[O]=[AlH]. The molecule has 0 atom stereocenters. The molecule has 0 fully saturated rings. The van der Waals surface area contributed by atoms with Gasteiger partial charge in [0.1, 0.15) is 0 Å². The Morgan fingerprint density at radius 3 is 1.50 bits per heavy atom. The third kappa shape index (κ3) is 12.0. The summed E-state index contributed by atoms with van der Waals surface area (Å²) in [7, 11) is 0. The van der Waals surface area contributed by atoms with Gasteiger partial charge >= 0.3 is 38.9 Å². The van der Waals surface area contributed by atoms with Crippen molar-refractivity contribution in [2.45, 2.75) is 0 Å². The molecule has 0 aromatic rings. The number of hydrogen-bond donors (Lipinski definition) is 0. The Hall–Kier alpha value is 0.995. The predicted octanol–water partition coefficient (Wildman–Crippen LogP) is -4.03. The zero-order valence-corrected chi connectivity index (χ0v) is 4.11. The average Bonchev–Trinajstić information content (AvgIpc) is 1.00. The van der Waals surface area contributed by atoms with E-state index in [-0.39, 0.29) is 28.7 Å². The molecule has 3 radical (unpaired) electrons. The van der Waals surface area contributed by atoms with Gasteiger partial charge in [0.05, 0.1) is 0 Å². The molecular weight excluding hydrogens is 60.7 g/mol. The van der Waals surface area contributed by atoms with Gasteiger partial charge in [-0.1, -0.05) is 0 Å². The van der Waals surface area contributed by atoms with Crippen LogP contribution in [0.4, 0.5) is 0 Å². The summed E-state index contributed by atoms with van der Waals surface area (Å²) in [5, 5.41) is 0. The molecule has 0 aliphatic heterocycles. The van der Waals surface area contributed by atoms with Gasteiger partial charge in [-0.05, 0) is 0 Å². The summed E-state index contributed by atoms with van der Waals surface area (Å²) in [5.74, 6) is 0. The molecule has 0 amide bonds.